The summed E-state index contributed by atoms with van der Waals surface area (Å²) in [6.07, 6.45) is 1.58. The number of methoxy groups -OCH3 is 1. The zero-order valence-corrected chi connectivity index (χ0v) is 16.3. The molecule has 138 valence electrons. The largest absolute Gasteiger partial charge is 0.465 e. The summed E-state index contributed by atoms with van der Waals surface area (Å²) in [7, 11) is 1.38. The van der Waals surface area contributed by atoms with Gasteiger partial charge in [0.2, 0.25) is 0 Å². The number of hydrogen-bond donors (Lipinski definition) is 0. The Hall–Kier alpha value is -2.43. The van der Waals surface area contributed by atoms with E-state index in [-0.39, 0.29) is 5.97 Å². The van der Waals surface area contributed by atoms with Gasteiger partial charge in [0.05, 0.1) is 24.9 Å². The first kappa shape index (κ1) is 19.9. The molecule has 1 fully saturated rings. The number of ether oxygens (including phenoxy) is 1. The molecule has 0 unspecified atom stereocenters. The van der Waals surface area contributed by atoms with Crippen molar-refractivity contribution in [2.75, 3.05) is 38.2 Å². The first-order valence-electron chi connectivity index (χ1n) is 8.70. The van der Waals surface area contributed by atoms with Gasteiger partial charge in [-0.2, -0.15) is 5.26 Å². The monoisotopic (exact) mass is 372 g/mol. The van der Waals surface area contributed by atoms with Crippen LogP contribution in [0.1, 0.15) is 34.6 Å². The molecule has 0 aliphatic carbocycles. The summed E-state index contributed by atoms with van der Waals surface area (Å²) in [5.41, 5.74) is 1.90. The molecule has 0 N–H and O–H groups in total. The van der Waals surface area contributed by atoms with Crippen molar-refractivity contribution in [1.29, 1.82) is 5.26 Å². The third kappa shape index (κ3) is 5.04. The number of benzene rings is 1. The van der Waals surface area contributed by atoms with E-state index in [1.807, 2.05) is 38.1 Å². The molecular weight excluding hydrogens is 348 g/mol. The number of thiazole rings is 1. The molecular formula is C19H24N4O2S. The number of esters is 1. The summed E-state index contributed by atoms with van der Waals surface area (Å²) in [5, 5.41) is 9.71. The Bertz CT molecular complexity index is 744. The number of hydrogen-bond acceptors (Lipinski definition) is 7. The first-order valence-corrected chi connectivity index (χ1v) is 9.51. The molecule has 0 saturated carbocycles. The van der Waals surface area contributed by atoms with Crippen LogP contribution in [0.4, 0.5) is 5.13 Å². The fourth-order valence-corrected chi connectivity index (χ4v) is 3.53. The van der Waals surface area contributed by atoms with Crippen LogP contribution in [0, 0.1) is 11.3 Å². The van der Waals surface area contributed by atoms with E-state index in [1.165, 1.54) is 24.0 Å². The molecule has 2 heterocycles. The van der Waals surface area contributed by atoms with Gasteiger partial charge in [-0.05, 0) is 17.7 Å². The van der Waals surface area contributed by atoms with E-state index in [0.717, 1.165) is 37.9 Å². The van der Waals surface area contributed by atoms with Crippen LogP contribution in [0.25, 0.3) is 0 Å². The van der Waals surface area contributed by atoms with Crippen molar-refractivity contribution in [3.05, 3.63) is 46.5 Å². The van der Waals surface area contributed by atoms with Gasteiger partial charge in [-0.3, -0.25) is 4.90 Å². The quantitative estimate of drug-likeness (QED) is 0.768. The number of anilines is 1. The van der Waals surface area contributed by atoms with Crippen LogP contribution in [0.5, 0.6) is 0 Å². The summed E-state index contributed by atoms with van der Waals surface area (Å²) in [5.74, 6) is -0.335. The molecule has 1 aromatic carbocycles. The normalized spacial score (nSPS) is 14.2. The van der Waals surface area contributed by atoms with E-state index in [4.69, 9.17) is 10.00 Å². The molecule has 6 nitrogen and oxygen atoms in total. The van der Waals surface area contributed by atoms with Crippen molar-refractivity contribution < 1.29 is 9.53 Å². The highest BCUT2D eigenvalue weighted by molar-refractivity contribution is 7.17. The smallest absolute Gasteiger partial charge is 0.349 e. The highest BCUT2D eigenvalue weighted by Crippen LogP contribution is 2.24. The van der Waals surface area contributed by atoms with E-state index in [9.17, 15) is 4.79 Å². The van der Waals surface area contributed by atoms with Crippen molar-refractivity contribution >= 4 is 22.4 Å². The molecule has 26 heavy (non-hydrogen) atoms. The standard InChI is InChI=1S/C17H18N4O2S.C2H6/c1-23-16(22)15-11-19-17(24-15)21-8-6-20(7-9-21)12-14-4-2-13(10-18)3-5-14;1-2/h2-5,11H,6-9,12H2,1H3;1-2H3. The highest BCUT2D eigenvalue weighted by atomic mass is 32.1. The Morgan fingerprint density at radius 3 is 2.46 bits per heavy atom. The van der Waals surface area contributed by atoms with Gasteiger partial charge in [0.1, 0.15) is 4.88 Å². The average molecular weight is 372 g/mol. The Kier molecular flexibility index (Phi) is 7.57. The SMILES string of the molecule is CC.COC(=O)c1cnc(N2CCN(Cc3ccc(C#N)cc3)CC2)s1. The number of carbonyl (C=O) groups excluding carboxylic acids is 1. The van der Waals surface area contributed by atoms with Crippen molar-refractivity contribution in [3.8, 4) is 6.07 Å². The fraction of sp³-hybridized carbons (Fsp3) is 0.421. The molecule has 0 radical (unpaired) electrons. The fourth-order valence-electron chi connectivity index (χ4n) is 2.65. The lowest BCUT2D eigenvalue weighted by Gasteiger charge is -2.34. The molecule has 3 rings (SSSR count). The maximum absolute atomic E-state index is 11.5. The third-order valence-electron chi connectivity index (χ3n) is 4.01. The Morgan fingerprint density at radius 2 is 1.88 bits per heavy atom. The number of nitriles is 1. The van der Waals surface area contributed by atoms with Crippen LogP contribution in [0.2, 0.25) is 0 Å². The molecule has 1 saturated heterocycles. The molecule has 0 atom stereocenters. The highest BCUT2D eigenvalue weighted by Gasteiger charge is 2.21. The van der Waals surface area contributed by atoms with E-state index in [0.29, 0.717) is 10.4 Å². The number of carbonyl (C=O) groups is 1. The number of piperazine rings is 1. The van der Waals surface area contributed by atoms with Crippen molar-refractivity contribution in [1.82, 2.24) is 9.88 Å². The van der Waals surface area contributed by atoms with E-state index in [1.54, 1.807) is 6.20 Å². The van der Waals surface area contributed by atoms with Gasteiger partial charge in [0, 0.05) is 32.7 Å². The van der Waals surface area contributed by atoms with E-state index >= 15 is 0 Å². The summed E-state index contributed by atoms with van der Waals surface area (Å²) < 4.78 is 4.72. The van der Waals surface area contributed by atoms with Gasteiger partial charge in [-0.1, -0.05) is 37.3 Å². The Balaban J connectivity index is 0.00000117. The van der Waals surface area contributed by atoms with Crippen molar-refractivity contribution in [2.24, 2.45) is 0 Å². The number of nitrogens with zero attached hydrogens (tertiary/aromatic N) is 4. The van der Waals surface area contributed by atoms with Gasteiger partial charge < -0.3 is 9.64 Å². The third-order valence-corrected chi connectivity index (χ3v) is 5.05. The second kappa shape index (κ2) is 9.90. The summed E-state index contributed by atoms with van der Waals surface area (Å²) in [6, 6.07) is 9.87. The minimum atomic E-state index is -0.335. The lowest BCUT2D eigenvalue weighted by Crippen LogP contribution is -2.45. The summed E-state index contributed by atoms with van der Waals surface area (Å²) in [6.45, 7) is 8.51. The van der Waals surface area contributed by atoms with Gasteiger partial charge in [0.15, 0.2) is 5.13 Å². The average Bonchev–Trinajstić information content (AvgIpc) is 3.20. The van der Waals surface area contributed by atoms with Crippen LogP contribution >= 0.6 is 11.3 Å². The van der Waals surface area contributed by atoms with Crippen molar-refractivity contribution in [2.45, 2.75) is 20.4 Å². The second-order valence-electron chi connectivity index (χ2n) is 5.57. The summed E-state index contributed by atoms with van der Waals surface area (Å²) >= 11 is 1.37. The zero-order chi connectivity index (χ0) is 18.9. The van der Waals surface area contributed by atoms with Gasteiger partial charge >= 0.3 is 5.97 Å². The van der Waals surface area contributed by atoms with E-state index < -0.39 is 0 Å². The molecule has 0 bridgehead atoms. The lowest BCUT2D eigenvalue weighted by molar-refractivity contribution is 0.0606. The van der Waals surface area contributed by atoms with E-state index in [2.05, 4.69) is 20.9 Å². The molecule has 1 aromatic heterocycles. The summed E-state index contributed by atoms with van der Waals surface area (Å²) in [4.78, 5) is 21.0. The predicted octanol–water partition coefficient (Wildman–Crippen LogP) is 3.15. The van der Waals surface area contributed by atoms with Crippen LogP contribution in [-0.4, -0.2) is 49.1 Å². The van der Waals surface area contributed by atoms with Crippen LogP contribution in [0.3, 0.4) is 0 Å². The molecule has 1 aliphatic rings. The maximum Gasteiger partial charge on any atom is 0.349 e. The van der Waals surface area contributed by atoms with Crippen LogP contribution in [0.15, 0.2) is 30.5 Å². The first-order chi connectivity index (χ1) is 12.7. The number of rotatable bonds is 4. The van der Waals surface area contributed by atoms with Crippen molar-refractivity contribution in [3.63, 3.8) is 0 Å². The lowest BCUT2D eigenvalue weighted by atomic mass is 10.1. The maximum atomic E-state index is 11.5. The Labute approximate surface area is 158 Å². The molecule has 0 amide bonds. The minimum Gasteiger partial charge on any atom is -0.465 e. The molecule has 1 aliphatic heterocycles. The Morgan fingerprint density at radius 1 is 1.23 bits per heavy atom. The van der Waals surface area contributed by atoms with Gasteiger partial charge in [0.25, 0.3) is 0 Å². The van der Waals surface area contributed by atoms with Crippen LogP contribution in [-0.2, 0) is 11.3 Å². The zero-order valence-electron chi connectivity index (χ0n) is 15.4. The number of aromatic nitrogens is 1. The predicted molar refractivity (Wildman–Crippen MR) is 103 cm³/mol. The minimum absolute atomic E-state index is 0.335. The molecule has 0 spiro atoms. The van der Waals surface area contributed by atoms with Crippen LogP contribution < -0.4 is 4.90 Å². The molecule has 2 aromatic rings. The van der Waals surface area contributed by atoms with Gasteiger partial charge in [-0.15, -0.1) is 0 Å². The topological polar surface area (TPSA) is 69.5 Å². The second-order valence-corrected chi connectivity index (χ2v) is 6.58. The molecule has 7 heteroatoms. The van der Waals surface area contributed by atoms with Gasteiger partial charge in [-0.25, -0.2) is 9.78 Å².